The van der Waals surface area contributed by atoms with Crippen LogP contribution >= 0.6 is 7.60 Å². The van der Waals surface area contributed by atoms with Crippen molar-refractivity contribution in [3.05, 3.63) is 11.6 Å². The van der Waals surface area contributed by atoms with Crippen LogP contribution in [0.4, 0.5) is 0 Å². The lowest BCUT2D eigenvalue weighted by atomic mass is 10.3. The monoisotopic (exact) mass is 254 g/mol. The van der Waals surface area contributed by atoms with Crippen molar-refractivity contribution in [2.45, 2.75) is 6.92 Å². The lowest BCUT2D eigenvalue weighted by molar-refractivity contribution is -0.241. The molecule has 0 rings (SSSR count). The predicted octanol–water partition coefficient (Wildman–Crippen LogP) is 1.45. The van der Waals surface area contributed by atoms with Gasteiger partial charge in [0.25, 0.3) is 0 Å². The third kappa shape index (κ3) is 5.39. The van der Waals surface area contributed by atoms with Crippen LogP contribution in [-0.2, 0) is 33.2 Å². The molecule has 0 radical (unpaired) electrons. The van der Waals surface area contributed by atoms with Crippen molar-refractivity contribution in [3.8, 4) is 0 Å². The van der Waals surface area contributed by atoms with Gasteiger partial charge in [0.1, 0.15) is 0 Å². The molecule has 7 nitrogen and oxygen atoms in total. The molecule has 0 unspecified atom stereocenters. The molecule has 0 N–H and O–H groups in total. The topological polar surface area (TPSA) is 80.3 Å². The maximum atomic E-state index is 11.7. The van der Waals surface area contributed by atoms with E-state index in [1.54, 1.807) is 0 Å². The van der Waals surface area contributed by atoms with Crippen LogP contribution in [0.25, 0.3) is 0 Å². The fraction of sp³-hybridized carbons (Fsp3) is 0.625. The number of carbonyl (C=O) groups is 1. The van der Waals surface area contributed by atoms with Gasteiger partial charge in [-0.25, -0.2) is 14.6 Å². The first-order valence-electron chi connectivity index (χ1n) is 4.28. The number of ether oxygens (including phenoxy) is 1. The van der Waals surface area contributed by atoms with Crippen LogP contribution in [0, 0.1) is 0 Å². The standard InChI is InChI=1S/C8H15O7P/c1-7(8(9)11-2)5-6-16(10,14-12-3)15-13-4/h5H,6H2,1-4H3. The van der Waals surface area contributed by atoms with Gasteiger partial charge >= 0.3 is 13.6 Å². The predicted molar refractivity (Wildman–Crippen MR) is 54.4 cm³/mol. The van der Waals surface area contributed by atoms with Gasteiger partial charge in [0.05, 0.1) is 27.5 Å². The minimum absolute atomic E-state index is 0.171. The zero-order valence-electron chi connectivity index (χ0n) is 9.59. The van der Waals surface area contributed by atoms with Gasteiger partial charge in [-0.1, -0.05) is 6.08 Å². The summed E-state index contributed by atoms with van der Waals surface area (Å²) in [6.45, 7) is 1.51. The number of methoxy groups -OCH3 is 1. The van der Waals surface area contributed by atoms with Crippen LogP contribution in [0.1, 0.15) is 6.92 Å². The molecule has 0 aliphatic rings. The van der Waals surface area contributed by atoms with E-state index in [1.807, 2.05) is 0 Å². The fourth-order valence-corrected chi connectivity index (χ4v) is 1.89. The lowest BCUT2D eigenvalue weighted by Crippen LogP contribution is -2.04. The highest BCUT2D eigenvalue weighted by molar-refractivity contribution is 7.53. The summed E-state index contributed by atoms with van der Waals surface area (Å²) < 4.78 is 25.1. The Balaban J connectivity index is 4.53. The van der Waals surface area contributed by atoms with Crippen LogP contribution in [0.15, 0.2) is 11.6 Å². The maximum absolute atomic E-state index is 11.7. The van der Waals surface area contributed by atoms with E-state index in [2.05, 4.69) is 23.9 Å². The van der Waals surface area contributed by atoms with Gasteiger partial charge in [0, 0.05) is 5.57 Å². The van der Waals surface area contributed by atoms with Crippen molar-refractivity contribution >= 4 is 13.6 Å². The van der Waals surface area contributed by atoms with Crippen molar-refractivity contribution < 1.29 is 33.2 Å². The summed E-state index contributed by atoms with van der Waals surface area (Å²) >= 11 is 0. The minimum Gasteiger partial charge on any atom is -0.466 e. The quantitative estimate of drug-likeness (QED) is 0.223. The third-order valence-corrected chi connectivity index (χ3v) is 2.89. The molecule has 0 aromatic carbocycles. The second-order valence-electron chi connectivity index (χ2n) is 2.65. The SMILES string of the molecule is COOP(=O)(CC=C(C)C(=O)OC)OOC. The zero-order valence-corrected chi connectivity index (χ0v) is 10.5. The molecule has 0 atom stereocenters. The Labute approximate surface area is 93.7 Å². The summed E-state index contributed by atoms with van der Waals surface area (Å²) in [7, 11) is 0.0608. The lowest BCUT2D eigenvalue weighted by Gasteiger charge is -2.11. The minimum atomic E-state index is -3.55. The van der Waals surface area contributed by atoms with Crippen LogP contribution in [0.2, 0.25) is 0 Å². The molecule has 0 aromatic rings. The first kappa shape index (κ1) is 15.3. The van der Waals surface area contributed by atoms with E-state index in [1.165, 1.54) is 34.3 Å². The molecule has 0 heterocycles. The summed E-state index contributed by atoms with van der Waals surface area (Å²) in [6.07, 6.45) is 1.18. The second kappa shape index (κ2) is 7.54. The molecule has 0 aliphatic carbocycles. The van der Waals surface area contributed by atoms with E-state index >= 15 is 0 Å². The van der Waals surface area contributed by atoms with E-state index in [4.69, 9.17) is 0 Å². The van der Waals surface area contributed by atoms with Gasteiger partial charge < -0.3 is 4.74 Å². The van der Waals surface area contributed by atoms with Gasteiger partial charge in [0.2, 0.25) is 0 Å². The molecule has 94 valence electrons. The average molecular weight is 254 g/mol. The molecule has 0 spiro atoms. The average Bonchev–Trinajstić information content (AvgIpc) is 2.25. The first-order valence-corrected chi connectivity index (χ1v) is 6.01. The summed E-state index contributed by atoms with van der Waals surface area (Å²) in [5, 5.41) is 0. The van der Waals surface area contributed by atoms with Crippen molar-refractivity contribution in [2.75, 3.05) is 27.5 Å². The smallest absolute Gasteiger partial charge is 0.387 e. The van der Waals surface area contributed by atoms with E-state index in [0.717, 1.165) is 0 Å². The van der Waals surface area contributed by atoms with Gasteiger partial charge in [-0.15, -0.1) is 9.35 Å². The Hall–Kier alpha value is -0.720. The van der Waals surface area contributed by atoms with E-state index < -0.39 is 13.6 Å². The highest BCUT2D eigenvalue weighted by Gasteiger charge is 2.26. The van der Waals surface area contributed by atoms with E-state index in [0.29, 0.717) is 0 Å². The van der Waals surface area contributed by atoms with Crippen molar-refractivity contribution in [1.82, 2.24) is 0 Å². The van der Waals surface area contributed by atoms with Gasteiger partial charge in [-0.2, -0.15) is 0 Å². The number of rotatable bonds is 7. The molecule has 0 aromatic heterocycles. The molecule has 8 heteroatoms. The number of hydrogen-bond acceptors (Lipinski definition) is 7. The largest absolute Gasteiger partial charge is 0.466 e. The Morgan fingerprint density at radius 2 is 1.69 bits per heavy atom. The fourth-order valence-electron chi connectivity index (χ4n) is 0.793. The molecular formula is C8H15O7P. The van der Waals surface area contributed by atoms with Gasteiger partial charge in [0.15, 0.2) is 0 Å². The molecular weight excluding hydrogens is 239 g/mol. The molecule has 0 bridgehead atoms. The molecule has 0 amide bonds. The molecule has 0 aliphatic heterocycles. The first-order chi connectivity index (χ1) is 7.49. The Bertz CT molecular complexity index is 289. The van der Waals surface area contributed by atoms with Crippen LogP contribution < -0.4 is 0 Å². The number of carbonyl (C=O) groups excluding carboxylic acids is 1. The van der Waals surface area contributed by atoms with Crippen LogP contribution in [-0.4, -0.2) is 33.5 Å². The van der Waals surface area contributed by atoms with E-state index in [-0.39, 0.29) is 11.7 Å². The van der Waals surface area contributed by atoms with Crippen molar-refractivity contribution in [3.63, 3.8) is 0 Å². The Kier molecular flexibility index (Phi) is 7.20. The molecule has 0 saturated heterocycles. The highest BCUT2D eigenvalue weighted by atomic mass is 31.2. The van der Waals surface area contributed by atoms with Gasteiger partial charge in [-0.05, 0) is 6.92 Å². The summed E-state index contributed by atoms with van der Waals surface area (Å²) in [5.74, 6) is -0.526. The van der Waals surface area contributed by atoms with Crippen LogP contribution in [0.3, 0.4) is 0 Å². The van der Waals surface area contributed by atoms with E-state index in [9.17, 15) is 9.36 Å². The third-order valence-electron chi connectivity index (χ3n) is 1.50. The normalized spacial score (nSPS) is 12.6. The van der Waals surface area contributed by atoms with Gasteiger partial charge in [-0.3, -0.25) is 4.57 Å². The second-order valence-corrected chi connectivity index (χ2v) is 4.54. The van der Waals surface area contributed by atoms with Crippen molar-refractivity contribution in [1.29, 1.82) is 0 Å². The Morgan fingerprint density at radius 1 is 1.19 bits per heavy atom. The number of allylic oxidation sites excluding steroid dienone is 1. The number of hydrogen-bond donors (Lipinski definition) is 0. The maximum Gasteiger partial charge on any atom is 0.387 e. The molecule has 16 heavy (non-hydrogen) atoms. The van der Waals surface area contributed by atoms with Crippen molar-refractivity contribution in [2.24, 2.45) is 0 Å². The molecule has 0 saturated carbocycles. The summed E-state index contributed by atoms with van der Waals surface area (Å²) in [4.78, 5) is 19.6. The number of esters is 1. The Morgan fingerprint density at radius 3 is 2.06 bits per heavy atom. The zero-order chi connectivity index (χ0) is 12.6. The summed E-state index contributed by atoms with van der Waals surface area (Å²) in [6, 6.07) is 0. The van der Waals surface area contributed by atoms with Crippen LogP contribution in [0.5, 0.6) is 0 Å². The molecule has 0 fully saturated rings. The highest BCUT2D eigenvalue weighted by Crippen LogP contribution is 2.48. The summed E-state index contributed by atoms with van der Waals surface area (Å²) in [5.41, 5.74) is 0.280.